The third-order valence-electron chi connectivity index (χ3n) is 7.91. The summed E-state index contributed by atoms with van der Waals surface area (Å²) in [5.74, 6) is 0.802. The van der Waals surface area contributed by atoms with E-state index in [0.29, 0.717) is 59.5 Å². The van der Waals surface area contributed by atoms with Crippen LogP contribution in [0.5, 0.6) is 11.5 Å². The largest absolute Gasteiger partial charge is 0.497 e. The number of aromatic nitrogens is 3. The van der Waals surface area contributed by atoms with Crippen molar-refractivity contribution < 1.29 is 37.0 Å². The molecule has 4 aromatic rings. The van der Waals surface area contributed by atoms with Gasteiger partial charge in [-0.25, -0.2) is 14.8 Å². The molecule has 0 bridgehead atoms. The molecule has 2 heterocycles. The molecule has 15 heteroatoms. The lowest BCUT2D eigenvalue weighted by atomic mass is 10.1. The molecule has 0 aliphatic rings. The lowest BCUT2D eigenvalue weighted by Gasteiger charge is -2.22. The number of hydrogen-bond donors (Lipinski definition) is 3. The highest BCUT2D eigenvalue weighted by Crippen LogP contribution is 2.34. The molecule has 4 rings (SSSR count). The van der Waals surface area contributed by atoms with Crippen LogP contribution in [0.2, 0.25) is 0 Å². The standard InChI is InChI=1S/C38H44F3N7O5/c1-9-27(38(39,40)41)20-31(42-6)46-35(49)25-12-10-24(11-13-25)33-32-29(48(47-33)19-17-23(2)45-36(50)53-37(3,4)5)16-18-43-34(32)44-22-26-14-15-28(51-7)21-30(26)52-8/h9-16,18,20-21,23H,6,17,19,22H2,1-5,7-8H3,(H,43,44)(H,45,50)(H,46,49)/b27-9+,31-20+. The molecule has 0 saturated heterocycles. The number of nitrogens with zero attached hydrogens (tertiary/aromatic N) is 4. The Balaban J connectivity index is 1.67. The van der Waals surface area contributed by atoms with E-state index < -0.39 is 29.4 Å². The number of carbonyl (C=O) groups is 2. The number of carbonyl (C=O) groups excluding carboxylic acids is 2. The van der Waals surface area contributed by atoms with Crippen LogP contribution in [0, 0.1) is 0 Å². The number of allylic oxidation sites excluding steroid dienone is 3. The van der Waals surface area contributed by atoms with E-state index in [1.54, 1.807) is 59.4 Å². The van der Waals surface area contributed by atoms with E-state index in [-0.39, 0.29) is 17.4 Å². The van der Waals surface area contributed by atoms with Gasteiger partial charge in [-0.3, -0.25) is 9.48 Å². The van der Waals surface area contributed by atoms with E-state index in [2.05, 4.69) is 32.6 Å². The minimum atomic E-state index is -4.63. The van der Waals surface area contributed by atoms with Crippen LogP contribution in [0.25, 0.3) is 22.2 Å². The monoisotopic (exact) mass is 735 g/mol. The topological polar surface area (TPSA) is 141 Å². The Morgan fingerprint density at radius 3 is 2.38 bits per heavy atom. The maximum atomic E-state index is 13.3. The molecule has 12 nitrogen and oxygen atoms in total. The Labute approximate surface area is 306 Å². The third-order valence-corrected chi connectivity index (χ3v) is 7.91. The van der Waals surface area contributed by atoms with Crippen molar-refractivity contribution in [2.45, 2.75) is 71.9 Å². The second-order valence-electron chi connectivity index (χ2n) is 13.0. The normalized spacial score (nSPS) is 12.9. The summed E-state index contributed by atoms with van der Waals surface area (Å²) in [4.78, 5) is 33.6. The van der Waals surface area contributed by atoms with E-state index in [1.165, 1.54) is 19.1 Å². The molecule has 0 spiro atoms. The van der Waals surface area contributed by atoms with Crippen LogP contribution >= 0.6 is 0 Å². The van der Waals surface area contributed by atoms with Gasteiger partial charge in [0.05, 0.1) is 30.7 Å². The molecule has 53 heavy (non-hydrogen) atoms. The summed E-state index contributed by atoms with van der Waals surface area (Å²) in [5.41, 5.74) is 1.40. The number of anilines is 1. The van der Waals surface area contributed by atoms with Crippen molar-refractivity contribution in [1.29, 1.82) is 0 Å². The van der Waals surface area contributed by atoms with E-state index in [9.17, 15) is 22.8 Å². The van der Waals surface area contributed by atoms with Crippen LogP contribution in [-0.2, 0) is 17.8 Å². The van der Waals surface area contributed by atoms with Crippen molar-refractivity contribution >= 4 is 35.4 Å². The lowest BCUT2D eigenvalue weighted by Crippen LogP contribution is -2.38. The van der Waals surface area contributed by atoms with Gasteiger partial charge in [-0.15, -0.1) is 0 Å². The maximum Gasteiger partial charge on any atom is 0.416 e. The first-order valence-corrected chi connectivity index (χ1v) is 16.7. The molecule has 0 fully saturated rings. The molecule has 0 radical (unpaired) electrons. The van der Waals surface area contributed by atoms with Crippen LogP contribution in [0.15, 0.2) is 83.3 Å². The zero-order chi connectivity index (χ0) is 38.9. The molecule has 0 saturated carbocycles. The Morgan fingerprint density at radius 2 is 1.77 bits per heavy atom. The number of halogens is 3. The molecule has 282 valence electrons. The van der Waals surface area contributed by atoms with Gasteiger partial charge in [-0.2, -0.15) is 18.3 Å². The summed E-state index contributed by atoms with van der Waals surface area (Å²) < 4.78 is 58.0. The highest BCUT2D eigenvalue weighted by molar-refractivity contribution is 6.01. The van der Waals surface area contributed by atoms with Crippen molar-refractivity contribution in [3.63, 3.8) is 0 Å². The number of rotatable bonds is 14. The summed E-state index contributed by atoms with van der Waals surface area (Å²) in [5, 5.41) is 14.3. The highest BCUT2D eigenvalue weighted by Gasteiger charge is 2.32. The third kappa shape index (κ3) is 10.6. The Morgan fingerprint density at radius 1 is 1.06 bits per heavy atom. The summed E-state index contributed by atoms with van der Waals surface area (Å²) in [6.07, 6.45) is -1.36. The second kappa shape index (κ2) is 17.1. The molecule has 2 amide bonds. The SMILES string of the molecule is C=N/C(=C\C(=C/C)C(F)(F)F)NC(=O)c1ccc(-c2nn(CCC(C)NC(=O)OC(C)(C)C)c3ccnc(NCc4ccc(OC)cc4OC)c23)cc1. The molecule has 2 aromatic carbocycles. The zero-order valence-electron chi connectivity index (χ0n) is 30.7. The second-order valence-corrected chi connectivity index (χ2v) is 13.0. The Hall–Kier alpha value is -5.86. The zero-order valence-corrected chi connectivity index (χ0v) is 30.7. The minimum Gasteiger partial charge on any atom is -0.497 e. The van der Waals surface area contributed by atoms with Crippen molar-refractivity contribution in [3.05, 3.63) is 89.4 Å². The first-order chi connectivity index (χ1) is 25.1. The van der Waals surface area contributed by atoms with Crippen LogP contribution in [0.1, 0.15) is 57.0 Å². The minimum absolute atomic E-state index is 0.172. The van der Waals surface area contributed by atoms with Crippen molar-refractivity contribution in [2.75, 3.05) is 19.5 Å². The van der Waals surface area contributed by atoms with Crippen molar-refractivity contribution in [2.24, 2.45) is 4.99 Å². The van der Waals surface area contributed by atoms with E-state index >= 15 is 0 Å². The van der Waals surface area contributed by atoms with Gasteiger partial charge in [0, 0.05) is 48.1 Å². The average Bonchev–Trinajstić information content (AvgIpc) is 3.49. The number of fused-ring (bicyclic) bond motifs is 1. The van der Waals surface area contributed by atoms with Crippen molar-refractivity contribution in [1.82, 2.24) is 25.4 Å². The molecule has 1 atom stereocenters. The number of aliphatic imine (C=N–C) groups is 1. The number of hydrogen-bond acceptors (Lipinski definition) is 9. The number of alkyl carbamates (subject to hydrolysis) is 1. The number of alkyl halides is 3. The number of nitrogens with one attached hydrogen (secondary N) is 3. The summed E-state index contributed by atoms with van der Waals surface area (Å²) in [6, 6.07) is 13.6. The number of pyridine rings is 1. The predicted molar refractivity (Wildman–Crippen MR) is 198 cm³/mol. The average molecular weight is 736 g/mol. The number of ether oxygens (including phenoxy) is 3. The summed E-state index contributed by atoms with van der Waals surface area (Å²) >= 11 is 0. The van der Waals surface area contributed by atoms with Gasteiger partial charge in [0.2, 0.25) is 0 Å². The summed E-state index contributed by atoms with van der Waals surface area (Å²) in [7, 11) is 3.16. The fraction of sp³-hybridized carbons (Fsp3) is 0.342. The number of amides is 2. The molecular weight excluding hydrogens is 691 g/mol. The van der Waals surface area contributed by atoms with Gasteiger partial charge in [0.15, 0.2) is 0 Å². The molecular formula is C38H44F3N7O5. The number of methoxy groups -OCH3 is 2. The van der Waals surface area contributed by atoms with Crippen molar-refractivity contribution in [3.8, 4) is 22.8 Å². The number of benzene rings is 2. The molecule has 2 aromatic heterocycles. The quantitative estimate of drug-likeness (QED) is 0.0880. The first kappa shape index (κ1) is 39.9. The van der Waals surface area contributed by atoms with Gasteiger partial charge < -0.3 is 30.2 Å². The first-order valence-electron chi connectivity index (χ1n) is 16.7. The van der Waals surface area contributed by atoms with E-state index in [1.807, 2.05) is 29.8 Å². The smallest absolute Gasteiger partial charge is 0.416 e. The van der Waals surface area contributed by atoms with Gasteiger partial charge in [0.1, 0.15) is 34.4 Å². The van der Waals surface area contributed by atoms with E-state index in [0.717, 1.165) is 17.2 Å². The predicted octanol–water partition coefficient (Wildman–Crippen LogP) is 7.81. The number of aryl methyl sites for hydroxylation is 1. The van der Waals surface area contributed by atoms with Crippen LogP contribution in [-0.4, -0.2) is 65.5 Å². The maximum absolute atomic E-state index is 13.3. The van der Waals surface area contributed by atoms with Crippen LogP contribution < -0.4 is 25.4 Å². The molecule has 0 aliphatic heterocycles. The van der Waals surface area contributed by atoms with E-state index in [4.69, 9.17) is 19.3 Å². The van der Waals surface area contributed by atoms with Crippen LogP contribution in [0.4, 0.5) is 23.8 Å². The van der Waals surface area contributed by atoms with Gasteiger partial charge >= 0.3 is 12.3 Å². The van der Waals surface area contributed by atoms with Gasteiger partial charge in [-0.1, -0.05) is 18.2 Å². The highest BCUT2D eigenvalue weighted by atomic mass is 19.4. The Kier molecular flexibility index (Phi) is 12.9. The summed E-state index contributed by atoms with van der Waals surface area (Å²) in [6.45, 7) is 12.6. The van der Waals surface area contributed by atoms with Gasteiger partial charge in [-0.05, 0) is 84.2 Å². The Bertz CT molecular complexity index is 2000. The van der Waals surface area contributed by atoms with Gasteiger partial charge in [0.25, 0.3) is 5.91 Å². The molecule has 3 N–H and O–H groups in total. The fourth-order valence-corrected chi connectivity index (χ4v) is 5.27. The molecule has 1 unspecified atom stereocenters. The fourth-order valence-electron chi connectivity index (χ4n) is 5.27. The molecule has 0 aliphatic carbocycles. The lowest BCUT2D eigenvalue weighted by molar-refractivity contribution is -0.0884. The van der Waals surface area contributed by atoms with Crippen LogP contribution in [0.3, 0.4) is 0 Å².